The van der Waals surface area contributed by atoms with E-state index < -0.39 is 18.3 Å². The number of esters is 1. The van der Waals surface area contributed by atoms with Crippen molar-refractivity contribution < 1.29 is 28.9 Å². The molecule has 4 rings (SSSR count). The fraction of sp³-hybridized carbons (Fsp3) is 0.533. The van der Waals surface area contributed by atoms with Crippen LogP contribution in [-0.4, -0.2) is 60.9 Å². The van der Waals surface area contributed by atoms with Gasteiger partial charge in [-0.15, -0.1) is 0 Å². The number of aliphatic hydroxyl groups is 1. The van der Waals surface area contributed by atoms with Gasteiger partial charge in [0.05, 0.1) is 25.4 Å². The van der Waals surface area contributed by atoms with E-state index in [1.807, 2.05) is 36.4 Å². The van der Waals surface area contributed by atoms with Gasteiger partial charge in [0.1, 0.15) is 6.54 Å². The van der Waals surface area contributed by atoms with Crippen LogP contribution in [0.1, 0.15) is 74.5 Å². The maximum atomic E-state index is 12.1. The summed E-state index contributed by atoms with van der Waals surface area (Å²) in [5.41, 5.74) is 3.38. The molecule has 3 atom stereocenters. The highest BCUT2D eigenvalue weighted by Gasteiger charge is 2.33. The molecule has 0 radical (unpaired) electrons. The van der Waals surface area contributed by atoms with Crippen molar-refractivity contribution in [3.05, 3.63) is 65.2 Å². The molecule has 9 nitrogen and oxygen atoms in total. The summed E-state index contributed by atoms with van der Waals surface area (Å²) in [5.74, 6) is -0.486. The van der Waals surface area contributed by atoms with E-state index in [1.165, 1.54) is 32.1 Å². The van der Waals surface area contributed by atoms with Crippen molar-refractivity contribution in [3.8, 4) is 0 Å². The number of nitrogens with one attached hydrogen (secondary N) is 2. The lowest BCUT2D eigenvalue weighted by Crippen LogP contribution is -2.40. The average molecular weight is 540 g/mol. The van der Waals surface area contributed by atoms with Crippen LogP contribution in [0.5, 0.6) is 0 Å². The molecule has 39 heavy (non-hydrogen) atoms. The summed E-state index contributed by atoms with van der Waals surface area (Å²) < 4.78 is 17.8. The highest BCUT2D eigenvalue weighted by atomic mass is 16.7. The van der Waals surface area contributed by atoms with Gasteiger partial charge in [-0.3, -0.25) is 4.79 Å². The minimum Gasteiger partial charge on any atom is -0.465 e. The van der Waals surface area contributed by atoms with Crippen molar-refractivity contribution in [2.24, 2.45) is 0 Å². The predicted octanol–water partition coefficient (Wildman–Crippen LogP) is 4.68. The molecular weight excluding hydrogens is 498 g/mol. The third-order valence-corrected chi connectivity index (χ3v) is 7.16. The number of hydrogen-bond donors (Lipinski definition) is 3. The van der Waals surface area contributed by atoms with Crippen molar-refractivity contribution in [1.82, 2.24) is 10.2 Å². The summed E-state index contributed by atoms with van der Waals surface area (Å²) in [6, 6.07) is 14.8. The molecule has 2 heterocycles. The van der Waals surface area contributed by atoms with E-state index in [2.05, 4.69) is 15.5 Å². The first-order chi connectivity index (χ1) is 19.0. The van der Waals surface area contributed by atoms with Gasteiger partial charge in [0.25, 0.3) is 0 Å². The predicted molar refractivity (Wildman–Crippen MR) is 148 cm³/mol. The largest absolute Gasteiger partial charge is 0.465 e. The first-order valence-corrected chi connectivity index (χ1v) is 14.1. The maximum Gasteiger partial charge on any atom is 0.325 e. The molecular formula is C30H41N3O6. The number of carbonyl (C=O) groups is 2. The number of amides is 2. The highest BCUT2D eigenvalue weighted by Crippen LogP contribution is 2.38. The molecule has 0 aliphatic carbocycles. The van der Waals surface area contributed by atoms with Crippen molar-refractivity contribution in [1.29, 1.82) is 0 Å². The molecule has 0 spiro atoms. The normalized spacial score (nSPS) is 22.4. The van der Waals surface area contributed by atoms with Gasteiger partial charge >= 0.3 is 12.0 Å². The smallest absolute Gasteiger partial charge is 0.325 e. The summed E-state index contributed by atoms with van der Waals surface area (Å²) in [7, 11) is 0. The number of anilines is 1. The minimum atomic E-state index is -0.548. The Morgan fingerprint density at radius 1 is 0.949 bits per heavy atom. The van der Waals surface area contributed by atoms with Crippen molar-refractivity contribution in [2.75, 3.05) is 38.1 Å². The van der Waals surface area contributed by atoms with Crippen LogP contribution in [-0.2, 0) is 25.6 Å². The van der Waals surface area contributed by atoms with Gasteiger partial charge in [-0.1, -0.05) is 55.7 Å². The van der Waals surface area contributed by atoms with Crippen LogP contribution in [0.2, 0.25) is 0 Å². The van der Waals surface area contributed by atoms with Crippen LogP contribution in [0, 0.1) is 0 Å². The van der Waals surface area contributed by atoms with Crippen LogP contribution in [0.3, 0.4) is 0 Å². The number of aliphatic hydroxyl groups excluding tert-OH is 1. The molecule has 2 aromatic rings. The zero-order valence-electron chi connectivity index (χ0n) is 22.8. The Labute approximate surface area is 230 Å². The van der Waals surface area contributed by atoms with E-state index in [0.717, 1.165) is 42.7 Å². The van der Waals surface area contributed by atoms with Gasteiger partial charge in [-0.25, -0.2) is 4.79 Å². The molecule has 2 aromatic carbocycles. The number of ether oxygens (including phenoxy) is 3. The van der Waals surface area contributed by atoms with Gasteiger partial charge in [-0.2, -0.15) is 0 Å². The standard InChI is InChI=1S/C30H41N3O6/c1-2-37-28(35)19-31-30(36)32-25-14-12-24(13-15-25)29-38-26(20-33-16-6-4-3-5-7-17-33)18-27(39-29)23-10-8-22(21-34)9-11-23/h8-15,26-27,29,34H,2-7,16-21H2,1H3,(H2,31,32,36). The Morgan fingerprint density at radius 2 is 1.62 bits per heavy atom. The molecule has 9 heteroatoms. The van der Waals surface area contributed by atoms with Crippen LogP contribution in [0.4, 0.5) is 10.5 Å². The highest BCUT2D eigenvalue weighted by molar-refractivity contribution is 5.91. The van der Waals surface area contributed by atoms with E-state index in [1.54, 1.807) is 19.1 Å². The van der Waals surface area contributed by atoms with E-state index in [-0.39, 0.29) is 32.0 Å². The van der Waals surface area contributed by atoms with E-state index in [9.17, 15) is 14.7 Å². The summed E-state index contributed by atoms with van der Waals surface area (Å²) in [5, 5.41) is 14.6. The fourth-order valence-corrected chi connectivity index (χ4v) is 5.08. The molecule has 212 valence electrons. The summed E-state index contributed by atoms with van der Waals surface area (Å²) in [6.45, 7) is 4.86. The fourth-order valence-electron chi connectivity index (χ4n) is 5.08. The van der Waals surface area contributed by atoms with Crippen LogP contribution >= 0.6 is 0 Å². The molecule has 2 aliphatic heterocycles. The van der Waals surface area contributed by atoms with Gasteiger partial charge < -0.3 is 34.9 Å². The Kier molecular flexibility index (Phi) is 11.1. The Balaban J connectivity index is 1.42. The summed E-state index contributed by atoms with van der Waals surface area (Å²) >= 11 is 0. The van der Waals surface area contributed by atoms with E-state index >= 15 is 0 Å². The van der Waals surface area contributed by atoms with Gasteiger partial charge in [0, 0.05) is 24.2 Å². The molecule has 2 amide bonds. The number of rotatable bonds is 9. The lowest BCUT2D eigenvalue weighted by molar-refractivity contribution is -0.253. The lowest BCUT2D eigenvalue weighted by Gasteiger charge is -2.38. The number of urea groups is 1. The molecule has 2 fully saturated rings. The Bertz CT molecular complexity index is 1040. The van der Waals surface area contributed by atoms with Crippen LogP contribution < -0.4 is 10.6 Å². The monoisotopic (exact) mass is 539 g/mol. The number of nitrogens with zero attached hydrogens (tertiary/aromatic N) is 1. The molecule has 2 saturated heterocycles. The zero-order chi connectivity index (χ0) is 27.5. The SMILES string of the molecule is CCOC(=O)CNC(=O)Nc1ccc(C2OC(CN3CCCCCCC3)CC(c3ccc(CO)cc3)O2)cc1. The lowest BCUT2D eigenvalue weighted by atomic mass is 9.99. The van der Waals surface area contributed by atoms with Gasteiger partial charge in [-0.05, 0) is 56.1 Å². The number of likely N-dealkylation sites (tertiary alicyclic amines) is 1. The van der Waals surface area contributed by atoms with Gasteiger partial charge in [0.15, 0.2) is 6.29 Å². The summed E-state index contributed by atoms with van der Waals surface area (Å²) in [4.78, 5) is 26.1. The molecule has 0 saturated carbocycles. The Hall–Kier alpha value is -2.98. The topological polar surface area (TPSA) is 109 Å². The Morgan fingerprint density at radius 3 is 2.28 bits per heavy atom. The number of carbonyl (C=O) groups excluding carboxylic acids is 2. The number of benzene rings is 2. The minimum absolute atomic E-state index is 0.0103. The molecule has 0 aromatic heterocycles. The van der Waals surface area contributed by atoms with Crippen molar-refractivity contribution in [3.63, 3.8) is 0 Å². The maximum absolute atomic E-state index is 12.1. The first-order valence-electron chi connectivity index (χ1n) is 14.1. The quantitative estimate of drug-likeness (QED) is 0.397. The second-order valence-corrected chi connectivity index (χ2v) is 10.2. The van der Waals surface area contributed by atoms with Gasteiger partial charge in [0.2, 0.25) is 0 Å². The number of hydrogen-bond acceptors (Lipinski definition) is 7. The third-order valence-electron chi connectivity index (χ3n) is 7.16. The summed E-state index contributed by atoms with van der Waals surface area (Å²) in [6.07, 6.45) is 6.43. The first kappa shape index (κ1) is 29.0. The van der Waals surface area contributed by atoms with E-state index in [4.69, 9.17) is 14.2 Å². The second-order valence-electron chi connectivity index (χ2n) is 10.2. The van der Waals surface area contributed by atoms with Crippen molar-refractivity contribution >= 4 is 17.7 Å². The zero-order valence-corrected chi connectivity index (χ0v) is 22.8. The average Bonchev–Trinajstić information content (AvgIpc) is 2.94. The third kappa shape index (κ3) is 9.03. The van der Waals surface area contributed by atoms with Crippen LogP contribution in [0.15, 0.2) is 48.5 Å². The molecule has 3 unspecified atom stereocenters. The molecule has 3 N–H and O–H groups in total. The van der Waals surface area contributed by atoms with Crippen LogP contribution in [0.25, 0.3) is 0 Å². The van der Waals surface area contributed by atoms with Crippen molar-refractivity contribution in [2.45, 2.75) is 70.6 Å². The molecule has 0 bridgehead atoms. The van der Waals surface area contributed by atoms with E-state index in [0.29, 0.717) is 5.69 Å². The second kappa shape index (κ2) is 15.0. The molecule has 2 aliphatic rings.